The molecule has 35 heavy (non-hydrogen) atoms. The zero-order valence-electron chi connectivity index (χ0n) is 18.7. The Morgan fingerprint density at radius 2 is 1.40 bits per heavy atom. The van der Waals surface area contributed by atoms with Crippen molar-refractivity contribution in [2.75, 3.05) is 9.44 Å². The highest BCUT2D eigenvalue weighted by Gasteiger charge is 2.22. The Morgan fingerprint density at radius 1 is 0.829 bits per heavy atom. The third-order valence-corrected chi connectivity index (χ3v) is 9.95. The first-order valence-corrected chi connectivity index (χ1v) is 14.7. The van der Waals surface area contributed by atoms with Gasteiger partial charge in [0.1, 0.15) is 4.21 Å². The molecule has 0 aliphatic carbocycles. The number of thiophene rings is 1. The molecule has 2 aromatic carbocycles. The van der Waals surface area contributed by atoms with Crippen LogP contribution in [0.4, 0.5) is 11.4 Å². The van der Waals surface area contributed by atoms with Gasteiger partial charge in [-0.2, -0.15) is 5.10 Å². The monoisotopic (exact) mass is 570 g/mol. The molecule has 0 aliphatic heterocycles. The van der Waals surface area contributed by atoms with E-state index in [9.17, 15) is 16.8 Å². The van der Waals surface area contributed by atoms with E-state index in [1.807, 2.05) is 19.9 Å². The van der Waals surface area contributed by atoms with Gasteiger partial charge in [-0.05, 0) is 80.2 Å². The van der Waals surface area contributed by atoms with E-state index in [0.717, 1.165) is 28.3 Å². The highest BCUT2D eigenvalue weighted by molar-refractivity contribution is 7.94. The fraction of sp³-hybridized carbons (Fsp3) is 0.136. The van der Waals surface area contributed by atoms with Gasteiger partial charge >= 0.3 is 0 Å². The Morgan fingerprint density at radius 3 is 1.89 bits per heavy atom. The lowest BCUT2D eigenvalue weighted by molar-refractivity contribution is 0.599. The van der Waals surface area contributed by atoms with Gasteiger partial charge in [-0.15, -0.1) is 11.3 Å². The van der Waals surface area contributed by atoms with Crippen LogP contribution < -0.4 is 9.44 Å². The van der Waals surface area contributed by atoms with Gasteiger partial charge < -0.3 is 0 Å². The number of aromatic nitrogens is 2. The zero-order chi connectivity index (χ0) is 25.5. The third kappa shape index (κ3) is 5.49. The Bertz CT molecular complexity index is 1630. The van der Waals surface area contributed by atoms with Crippen LogP contribution in [0.15, 0.2) is 63.0 Å². The summed E-state index contributed by atoms with van der Waals surface area (Å²) in [5.74, 6) is 0. The summed E-state index contributed by atoms with van der Waals surface area (Å²) >= 11 is 13.2. The maximum absolute atomic E-state index is 13.1. The second-order valence-electron chi connectivity index (χ2n) is 7.80. The van der Waals surface area contributed by atoms with Crippen molar-refractivity contribution in [3.63, 3.8) is 0 Å². The molecule has 2 aromatic heterocycles. The van der Waals surface area contributed by atoms with Gasteiger partial charge in [0.05, 0.1) is 37.7 Å². The lowest BCUT2D eigenvalue weighted by Gasteiger charge is -2.16. The Labute approximate surface area is 217 Å². The Kier molecular flexibility index (Phi) is 6.91. The lowest BCUT2D eigenvalue weighted by Crippen LogP contribution is -2.17. The van der Waals surface area contributed by atoms with Gasteiger partial charge in [-0.3, -0.25) is 9.44 Å². The van der Waals surface area contributed by atoms with Crippen LogP contribution in [0.1, 0.15) is 17.0 Å². The Balaban J connectivity index is 1.66. The molecule has 0 saturated heterocycles. The Hall–Kier alpha value is -2.57. The number of halogens is 2. The van der Waals surface area contributed by atoms with Gasteiger partial charge in [0.25, 0.3) is 20.0 Å². The number of aryl methyl sites for hydroxylation is 3. The summed E-state index contributed by atoms with van der Waals surface area (Å²) in [5, 5.41) is 6.20. The first-order chi connectivity index (χ1) is 16.4. The number of nitrogens with zero attached hydrogens (tertiary/aromatic N) is 2. The highest BCUT2D eigenvalue weighted by atomic mass is 35.5. The molecule has 0 saturated carbocycles. The van der Waals surface area contributed by atoms with Gasteiger partial charge in [-0.1, -0.05) is 23.2 Å². The molecule has 4 rings (SSSR count). The van der Waals surface area contributed by atoms with Crippen molar-refractivity contribution in [1.29, 1.82) is 0 Å². The van der Waals surface area contributed by atoms with Crippen molar-refractivity contribution in [2.24, 2.45) is 0 Å². The van der Waals surface area contributed by atoms with Crippen molar-refractivity contribution >= 4 is 66.0 Å². The molecule has 0 unspecified atom stereocenters. The van der Waals surface area contributed by atoms with E-state index >= 15 is 0 Å². The fourth-order valence-corrected chi connectivity index (χ4v) is 7.02. The number of anilines is 2. The summed E-state index contributed by atoms with van der Waals surface area (Å²) in [6.07, 6.45) is 0. The van der Waals surface area contributed by atoms with Crippen LogP contribution >= 0.6 is 34.5 Å². The summed E-state index contributed by atoms with van der Waals surface area (Å²) < 4.78 is 58.5. The van der Waals surface area contributed by atoms with E-state index in [4.69, 9.17) is 23.2 Å². The zero-order valence-corrected chi connectivity index (χ0v) is 22.7. The summed E-state index contributed by atoms with van der Waals surface area (Å²) in [5.41, 5.74) is 3.10. The average molecular weight is 572 g/mol. The predicted molar refractivity (Wildman–Crippen MR) is 140 cm³/mol. The van der Waals surface area contributed by atoms with E-state index < -0.39 is 20.0 Å². The number of hydrogen-bond acceptors (Lipinski definition) is 6. The van der Waals surface area contributed by atoms with Crippen molar-refractivity contribution in [3.05, 3.63) is 80.9 Å². The molecule has 2 N–H and O–H groups in total. The highest BCUT2D eigenvalue weighted by Crippen LogP contribution is 2.36. The van der Waals surface area contributed by atoms with E-state index in [-0.39, 0.29) is 30.5 Å². The maximum atomic E-state index is 13.1. The minimum Gasteiger partial charge on any atom is -0.277 e. The van der Waals surface area contributed by atoms with E-state index in [2.05, 4.69) is 14.5 Å². The van der Waals surface area contributed by atoms with Crippen LogP contribution in [0.5, 0.6) is 0 Å². The number of nitrogens with one attached hydrogen (secondary N) is 2. The molecule has 0 aliphatic rings. The molecule has 0 amide bonds. The molecule has 2 heterocycles. The van der Waals surface area contributed by atoms with Crippen LogP contribution in [-0.4, -0.2) is 26.6 Å². The third-order valence-electron chi connectivity index (χ3n) is 4.92. The summed E-state index contributed by atoms with van der Waals surface area (Å²) in [6.45, 7) is 5.54. The van der Waals surface area contributed by atoms with Crippen molar-refractivity contribution < 1.29 is 16.8 Å². The second-order valence-corrected chi connectivity index (χ2v) is 13.1. The molecule has 0 fully saturated rings. The van der Waals surface area contributed by atoms with Crippen molar-refractivity contribution in [2.45, 2.75) is 29.9 Å². The lowest BCUT2D eigenvalue weighted by atomic mass is 10.3. The maximum Gasteiger partial charge on any atom is 0.271 e. The quantitative estimate of drug-likeness (QED) is 0.293. The number of sulfonamides is 2. The fourth-order valence-electron chi connectivity index (χ4n) is 3.32. The minimum absolute atomic E-state index is 0.0310. The molecule has 0 spiro atoms. The van der Waals surface area contributed by atoms with Gasteiger partial charge in [-0.25, -0.2) is 21.5 Å². The van der Waals surface area contributed by atoms with E-state index in [0.29, 0.717) is 5.69 Å². The van der Waals surface area contributed by atoms with Crippen LogP contribution in [0, 0.1) is 20.8 Å². The molecule has 184 valence electrons. The number of benzene rings is 2. The number of rotatable bonds is 7. The molecule has 0 radical (unpaired) electrons. The van der Waals surface area contributed by atoms with Crippen LogP contribution in [0.3, 0.4) is 0 Å². The van der Waals surface area contributed by atoms with Crippen molar-refractivity contribution in [1.82, 2.24) is 9.78 Å². The first kappa shape index (κ1) is 25.5. The molecular formula is C22H20Cl2N4O4S3. The van der Waals surface area contributed by atoms with Crippen LogP contribution in [0.2, 0.25) is 10.0 Å². The number of hydrogen-bond donors (Lipinski definition) is 2. The molecular weight excluding hydrogens is 551 g/mol. The van der Waals surface area contributed by atoms with Crippen LogP contribution in [0.25, 0.3) is 5.69 Å². The minimum atomic E-state index is -4.10. The van der Waals surface area contributed by atoms with Gasteiger partial charge in [0.15, 0.2) is 0 Å². The first-order valence-electron chi connectivity index (χ1n) is 10.1. The summed E-state index contributed by atoms with van der Waals surface area (Å²) in [4.78, 5) is -0.0310. The molecule has 8 nitrogen and oxygen atoms in total. The van der Waals surface area contributed by atoms with E-state index in [1.54, 1.807) is 29.1 Å². The predicted octanol–water partition coefficient (Wildman–Crippen LogP) is 5.77. The molecule has 0 bridgehead atoms. The standard InChI is InChI=1S/C22H20Cl2N4O4S3/c1-13-8-22(33-12-13)35(31,32)27-21-11-19(24)18(23)10-20(21)26-34(29,30)17-6-4-16(5-7-17)28-15(3)9-14(2)25-28/h4-12,26-27H,1-3H3. The summed E-state index contributed by atoms with van der Waals surface area (Å²) in [7, 11) is -8.08. The molecule has 4 aromatic rings. The topological polar surface area (TPSA) is 110 Å². The summed E-state index contributed by atoms with van der Waals surface area (Å²) in [6, 6.07) is 12.1. The van der Waals surface area contributed by atoms with E-state index in [1.165, 1.54) is 30.3 Å². The van der Waals surface area contributed by atoms with Gasteiger partial charge in [0.2, 0.25) is 0 Å². The largest absolute Gasteiger partial charge is 0.277 e. The molecule has 13 heteroatoms. The van der Waals surface area contributed by atoms with Crippen LogP contribution in [-0.2, 0) is 20.0 Å². The smallest absolute Gasteiger partial charge is 0.271 e. The SMILES string of the molecule is Cc1csc(S(=O)(=O)Nc2cc(Cl)c(Cl)cc2NS(=O)(=O)c2ccc(-n3nc(C)cc3C)cc2)c1. The normalized spacial score (nSPS) is 12.0. The van der Waals surface area contributed by atoms with Gasteiger partial charge in [0, 0.05) is 5.69 Å². The molecule has 0 atom stereocenters. The second kappa shape index (κ2) is 9.47. The van der Waals surface area contributed by atoms with Crippen molar-refractivity contribution in [3.8, 4) is 5.69 Å². The average Bonchev–Trinajstić information content (AvgIpc) is 3.36.